The molecule has 0 spiro atoms. The highest BCUT2D eigenvalue weighted by molar-refractivity contribution is 6.30. The van der Waals surface area contributed by atoms with Crippen molar-refractivity contribution in [3.8, 4) is 5.75 Å². The molecule has 0 unspecified atom stereocenters. The van der Waals surface area contributed by atoms with E-state index in [1.54, 1.807) is 12.1 Å². The third kappa shape index (κ3) is 2.97. The first kappa shape index (κ1) is 10.9. The van der Waals surface area contributed by atoms with Gasteiger partial charge >= 0.3 is 0 Å². The third-order valence-corrected chi connectivity index (χ3v) is 1.74. The number of aliphatic hydroxyl groups is 1. The van der Waals surface area contributed by atoms with E-state index in [2.05, 4.69) is 4.98 Å². The predicted molar refractivity (Wildman–Crippen MR) is 51.3 cm³/mol. The molecule has 0 bridgehead atoms. The first-order valence-electron chi connectivity index (χ1n) is 4.02. The number of Topliss-reactive ketones (excluding diaryl/α,β-unsaturated/α-hetero) is 1. The van der Waals surface area contributed by atoms with Crippen molar-refractivity contribution in [1.82, 2.24) is 4.98 Å². The van der Waals surface area contributed by atoms with Crippen molar-refractivity contribution in [2.24, 2.45) is 0 Å². The fourth-order valence-electron chi connectivity index (χ4n) is 0.834. The molecular formula is C9H10ClNO3. The lowest BCUT2D eigenvalue weighted by Gasteiger charge is -2.05. The first-order chi connectivity index (χ1) is 6.63. The van der Waals surface area contributed by atoms with Crippen LogP contribution in [0.1, 0.15) is 12.6 Å². The smallest absolute Gasteiger partial charge is 0.171 e. The Balaban J connectivity index is 2.73. The Hall–Kier alpha value is -1.13. The van der Waals surface area contributed by atoms with E-state index in [1.165, 1.54) is 6.92 Å². The van der Waals surface area contributed by atoms with E-state index >= 15 is 0 Å². The number of rotatable bonds is 4. The van der Waals surface area contributed by atoms with Crippen LogP contribution >= 0.6 is 11.6 Å². The zero-order valence-corrected chi connectivity index (χ0v) is 8.41. The van der Waals surface area contributed by atoms with Crippen LogP contribution in [0, 0.1) is 0 Å². The van der Waals surface area contributed by atoms with Gasteiger partial charge in [0, 0.05) is 0 Å². The number of hydrogen-bond acceptors (Lipinski definition) is 4. The van der Waals surface area contributed by atoms with Crippen LogP contribution < -0.4 is 4.74 Å². The molecule has 0 aliphatic rings. The second-order valence-corrected chi connectivity index (χ2v) is 3.10. The maximum absolute atomic E-state index is 10.6. The summed E-state index contributed by atoms with van der Waals surface area (Å²) in [6.45, 7) is 1.22. The van der Waals surface area contributed by atoms with E-state index in [0.29, 0.717) is 11.4 Å². The molecular weight excluding hydrogens is 206 g/mol. The third-order valence-electron chi connectivity index (χ3n) is 1.47. The van der Waals surface area contributed by atoms with Gasteiger partial charge in [0.25, 0.3) is 0 Å². The van der Waals surface area contributed by atoms with E-state index in [1.807, 2.05) is 0 Å². The molecule has 0 amide bonds. The molecule has 14 heavy (non-hydrogen) atoms. The van der Waals surface area contributed by atoms with Crippen LogP contribution in [0.2, 0.25) is 5.15 Å². The second kappa shape index (κ2) is 4.93. The number of halogens is 1. The summed E-state index contributed by atoms with van der Waals surface area (Å²) in [6, 6.07) is 3.16. The minimum Gasteiger partial charge on any atom is -0.483 e. The molecule has 1 N–H and O–H groups in total. The van der Waals surface area contributed by atoms with E-state index in [4.69, 9.17) is 21.4 Å². The Bertz CT molecular complexity index is 341. The molecule has 0 fully saturated rings. The highest BCUT2D eigenvalue weighted by Gasteiger charge is 2.05. The van der Waals surface area contributed by atoms with Gasteiger partial charge < -0.3 is 9.84 Å². The van der Waals surface area contributed by atoms with Gasteiger partial charge in [0.05, 0.1) is 12.3 Å². The van der Waals surface area contributed by atoms with E-state index in [-0.39, 0.29) is 24.2 Å². The summed E-state index contributed by atoms with van der Waals surface area (Å²) < 4.78 is 5.07. The van der Waals surface area contributed by atoms with Crippen molar-refractivity contribution in [1.29, 1.82) is 0 Å². The molecule has 1 aromatic rings. The summed E-state index contributed by atoms with van der Waals surface area (Å²) in [7, 11) is 0. The van der Waals surface area contributed by atoms with Gasteiger partial charge in [-0.1, -0.05) is 11.6 Å². The van der Waals surface area contributed by atoms with E-state index in [9.17, 15) is 4.79 Å². The van der Waals surface area contributed by atoms with Crippen LogP contribution in [0.3, 0.4) is 0 Å². The Morgan fingerprint density at radius 1 is 1.64 bits per heavy atom. The number of ketones is 1. The number of aliphatic hydroxyl groups excluding tert-OH is 1. The number of pyridine rings is 1. The standard InChI is InChI=1S/C9H10ClNO3/c1-6(13)5-14-8-3-2-7(4-12)11-9(8)10/h2-3,12H,4-5H2,1H3. The summed E-state index contributed by atoms with van der Waals surface area (Å²) in [5.74, 6) is 0.256. The van der Waals surface area contributed by atoms with Crippen molar-refractivity contribution < 1.29 is 14.6 Å². The van der Waals surface area contributed by atoms with Gasteiger partial charge in [-0.25, -0.2) is 4.98 Å². The molecule has 0 aromatic carbocycles. The lowest BCUT2D eigenvalue weighted by Crippen LogP contribution is -2.07. The van der Waals surface area contributed by atoms with Gasteiger partial charge in [0.15, 0.2) is 16.7 Å². The zero-order valence-electron chi connectivity index (χ0n) is 7.66. The van der Waals surface area contributed by atoms with Gasteiger partial charge in [-0.05, 0) is 19.1 Å². The summed E-state index contributed by atoms with van der Waals surface area (Å²) in [6.07, 6.45) is 0. The number of carbonyl (C=O) groups excluding carboxylic acids is 1. The quantitative estimate of drug-likeness (QED) is 0.767. The molecule has 76 valence electrons. The minimum atomic E-state index is -0.174. The molecule has 0 aliphatic heterocycles. The van der Waals surface area contributed by atoms with Crippen molar-refractivity contribution in [2.45, 2.75) is 13.5 Å². The second-order valence-electron chi connectivity index (χ2n) is 2.74. The summed E-state index contributed by atoms with van der Waals surface area (Å²) in [5, 5.41) is 8.91. The highest BCUT2D eigenvalue weighted by atomic mass is 35.5. The maximum Gasteiger partial charge on any atom is 0.171 e. The van der Waals surface area contributed by atoms with E-state index < -0.39 is 0 Å². The fraction of sp³-hybridized carbons (Fsp3) is 0.333. The summed E-state index contributed by atoms with van der Waals surface area (Å²) >= 11 is 5.73. The number of aromatic nitrogens is 1. The average Bonchev–Trinajstić information content (AvgIpc) is 2.15. The van der Waals surface area contributed by atoms with Crippen LogP contribution in [0.25, 0.3) is 0 Å². The molecule has 0 saturated carbocycles. The van der Waals surface area contributed by atoms with Gasteiger partial charge in [0.2, 0.25) is 0 Å². The molecule has 4 nitrogen and oxygen atoms in total. The highest BCUT2D eigenvalue weighted by Crippen LogP contribution is 2.21. The Labute approximate surface area is 86.5 Å². The Kier molecular flexibility index (Phi) is 3.85. The van der Waals surface area contributed by atoms with Crippen LogP contribution in [0.5, 0.6) is 5.75 Å². The van der Waals surface area contributed by atoms with Crippen LogP contribution in [0.15, 0.2) is 12.1 Å². The van der Waals surface area contributed by atoms with Gasteiger partial charge in [-0.2, -0.15) is 0 Å². The first-order valence-corrected chi connectivity index (χ1v) is 4.40. The number of hydrogen-bond donors (Lipinski definition) is 1. The van der Waals surface area contributed by atoms with Crippen LogP contribution in [-0.4, -0.2) is 22.5 Å². The maximum atomic E-state index is 10.6. The lowest BCUT2D eigenvalue weighted by atomic mass is 10.3. The molecule has 1 heterocycles. The van der Waals surface area contributed by atoms with Gasteiger partial charge in [-0.15, -0.1) is 0 Å². The monoisotopic (exact) mass is 215 g/mol. The van der Waals surface area contributed by atoms with Gasteiger partial charge in [0.1, 0.15) is 6.61 Å². The Morgan fingerprint density at radius 3 is 2.86 bits per heavy atom. The normalized spacial score (nSPS) is 9.93. The summed E-state index contributed by atoms with van der Waals surface area (Å²) in [4.78, 5) is 14.5. The van der Waals surface area contributed by atoms with Crippen molar-refractivity contribution in [2.75, 3.05) is 6.61 Å². The molecule has 0 atom stereocenters. The Morgan fingerprint density at radius 2 is 2.36 bits per heavy atom. The summed E-state index contributed by atoms with van der Waals surface area (Å²) in [5.41, 5.74) is 0.463. The lowest BCUT2D eigenvalue weighted by molar-refractivity contribution is -0.118. The molecule has 0 aliphatic carbocycles. The number of nitrogens with zero attached hydrogens (tertiary/aromatic N) is 1. The van der Waals surface area contributed by atoms with Gasteiger partial charge in [-0.3, -0.25) is 4.79 Å². The predicted octanol–water partition coefficient (Wildman–Crippen LogP) is 1.20. The largest absolute Gasteiger partial charge is 0.483 e. The molecule has 0 radical (unpaired) electrons. The molecule has 5 heteroatoms. The molecule has 1 rings (SSSR count). The average molecular weight is 216 g/mol. The topological polar surface area (TPSA) is 59.4 Å². The number of carbonyl (C=O) groups is 1. The zero-order chi connectivity index (χ0) is 10.6. The van der Waals surface area contributed by atoms with Crippen molar-refractivity contribution in [3.63, 3.8) is 0 Å². The van der Waals surface area contributed by atoms with Crippen LogP contribution in [-0.2, 0) is 11.4 Å². The molecule has 0 saturated heterocycles. The van der Waals surface area contributed by atoms with Crippen LogP contribution in [0.4, 0.5) is 0 Å². The minimum absolute atomic E-state index is 0.0279. The van der Waals surface area contributed by atoms with Crippen molar-refractivity contribution in [3.05, 3.63) is 23.0 Å². The SMILES string of the molecule is CC(=O)COc1ccc(CO)nc1Cl. The fourth-order valence-corrected chi connectivity index (χ4v) is 1.06. The van der Waals surface area contributed by atoms with Crippen molar-refractivity contribution >= 4 is 17.4 Å². The number of ether oxygens (including phenoxy) is 1. The van der Waals surface area contributed by atoms with E-state index in [0.717, 1.165) is 0 Å². The molecule has 1 aromatic heterocycles.